The summed E-state index contributed by atoms with van der Waals surface area (Å²) in [6.45, 7) is 0. The fourth-order valence-corrected chi connectivity index (χ4v) is 2.19. The second-order valence-corrected chi connectivity index (χ2v) is 6.03. The van der Waals surface area contributed by atoms with Gasteiger partial charge in [0.25, 0.3) is 0 Å². The molecule has 0 aliphatic heterocycles. The quantitative estimate of drug-likeness (QED) is 0.804. The summed E-state index contributed by atoms with van der Waals surface area (Å²) in [7, 11) is -3.30. The topological polar surface area (TPSA) is 64.1 Å². The molecule has 2 aromatic rings. The average Bonchev–Trinajstić information content (AvgIpc) is 2.37. The molecular formula is C13H10FNO3S. The largest absolute Gasteiger partial charge is 0.289 e. The Morgan fingerprint density at radius 3 is 2.26 bits per heavy atom. The van der Waals surface area contributed by atoms with Gasteiger partial charge in [-0.05, 0) is 30.3 Å². The highest BCUT2D eigenvalue weighted by molar-refractivity contribution is 7.90. The number of hydrogen-bond donors (Lipinski definition) is 0. The Labute approximate surface area is 109 Å². The Balaban J connectivity index is 2.35. The Bertz CT molecular complexity index is 724. The van der Waals surface area contributed by atoms with Crippen molar-refractivity contribution in [3.8, 4) is 0 Å². The minimum atomic E-state index is -3.30. The normalized spacial score (nSPS) is 11.3. The van der Waals surface area contributed by atoms with Crippen molar-refractivity contribution in [2.75, 3.05) is 6.26 Å². The molecule has 1 aromatic carbocycles. The minimum absolute atomic E-state index is 0.118. The first-order valence-electron chi connectivity index (χ1n) is 5.33. The molecule has 1 aromatic heterocycles. The fraction of sp³-hybridized carbons (Fsp3) is 0.0769. The predicted octanol–water partition coefficient (Wildman–Crippen LogP) is 1.86. The lowest BCUT2D eigenvalue weighted by Crippen LogP contribution is -2.04. The summed E-state index contributed by atoms with van der Waals surface area (Å²) in [6.07, 6.45) is 3.35. The maximum Gasteiger partial charge on any atom is 0.194 e. The number of carbonyl (C=O) groups is 1. The molecule has 0 atom stereocenters. The van der Waals surface area contributed by atoms with Gasteiger partial charge < -0.3 is 0 Å². The molecule has 4 nitrogen and oxygen atoms in total. The Morgan fingerprint density at radius 1 is 1.11 bits per heavy atom. The van der Waals surface area contributed by atoms with Crippen LogP contribution in [0, 0.1) is 5.82 Å². The van der Waals surface area contributed by atoms with E-state index in [4.69, 9.17) is 0 Å². The van der Waals surface area contributed by atoms with Crippen molar-refractivity contribution >= 4 is 15.6 Å². The van der Waals surface area contributed by atoms with Gasteiger partial charge in [0.1, 0.15) is 5.82 Å². The van der Waals surface area contributed by atoms with Crippen molar-refractivity contribution in [3.05, 3.63) is 59.7 Å². The molecule has 0 unspecified atom stereocenters. The third-order valence-electron chi connectivity index (χ3n) is 2.51. The lowest BCUT2D eigenvalue weighted by molar-refractivity contribution is 0.103. The number of halogens is 1. The van der Waals surface area contributed by atoms with Crippen molar-refractivity contribution in [1.82, 2.24) is 4.98 Å². The summed E-state index contributed by atoms with van der Waals surface area (Å²) in [6, 6.07) is 6.55. The molecule has 0 spiro atoms. The summed E-state index contributed by atoms with van der Waals surface area (Å²) in [5, 5.41) is 0. The standard InChI is InChI=1S/C13H10FNO3S/c1-19(17,18)12-4-2-9(3-5-12)13(16)10-6-11(14)8-15-7-10/h2-8H,1H3. The smallest absolute Gasteiger partial charge is 0.194 e. The summed E-state index contributed by atoms with van der Waals surface area (Å²) in [4.78, 5) is 15.7. The van der Waals surface area contributed by atoms with Gasteiger partial charge in [-0.2, -0.15) is 0 Å². The molecule has 1 heterocycles. The third kappa shape index (κ3) is 3.03. The second kappa shape index (κ2) is 4.89. The highest BCUT2D eigenvalue weighted by Gasteiger charge is 2.12. The van der Waals surface area contributed by atoms with Crippen LogP contribution in [0.5, 0.6) is 0 Å². The molecule has 6 heteroatoms. The maximum atomic E-state index is 13.0. The first kappa shape index (κ1) is 13.4. The number of hydrogen-bond acceptors (Lipinski definition) is 4. The second-order valence-electron chi connectivity index (χ2n) is 4.02. The summed E-state index contributed by atoms with van der Waals surface area (Å²) in [5.74, 6) is -1.01. The molecule has 0 amide bonds. The molecule has 0 bridgehead atoms. The fourth-order valence-electron chi connectivity index (χ4n) is 1.56. The van der Waals surface area contributed by atoms with Gasteiger partial charge in [-0.25, -0.2) is 12.8 Å². The van der Waals surface area contributed by atoms with Crippen molar-refractivity contribution < 1.29 is 17.6 Å². The number of pyridine rings is 1. The highest BCUT2D eigenvalue weighted by Crippen LogP contribution is 2.14. The molecule has 98 valence electrons. The SMILES string of the molecule is CS(=O)(=O)c1ccc(C(=O)c2cncc(F)c2)cc1. The lowest BCUT2D eigenvalue weighted by Gasteiger charge is -2.02. The maximum absolute atomic E-state index is 13.0. The number of carbonyl (C=O) groups excluding carboxylic acids is 1. The van der Waals surface area contributed by atoms with E-state index in [1.807, 2.05) is 0 Å². The molecule has 0 N–H and O–H groups in total. The number of ketones is 1. The van der Waals surface area contributed by atoms with Crippen LogP contribution in [0.1, 0.15) is 15.9 Å². The van der Waals surface area contributed by atoms with Crippen LogP contribution < -0.4 is 0 Å². The number of benzene rings is 1. The van der Waals surface area contributed by atoms with E-state index in [0.29, 0.717) is 0 Å². The monoisotopic (exact) mass is 279 g/mol. The van der Waals surface area contributed by atoms with Crippen molar-refractivity contribution in [2.45, 2.75) is 4.90 Å². The molecule has 0 saturated carbocycles. The molecule has 0 radical (unpaired) electrons. The Morgan fingerprint density at radius 2 is 1.74 bits per heavy atom. The zero-order valence-corrected chi connectivity index (χ0v) is 10.8. The Kier molecular flexibility index (Phi) is 3.44. The van der Waals surface area contributed by atoms with E-state index >= 15 is 0 Å². The van der Waals surface area contributed by atoms with Crippen molar-refractivity contribution in [2.24, 2.45) is 0 Å². The number of aromatic nitrogens is 1. The highest BCUT2D eigenvalue weighted by atomic mass is 32.2. The molecule has 19 heavy (non-hydrogen) atoms. The van der Waals surface area contributed by atoms with E-state index in [1.54, 1.807) is 0 Å². The van der Waals surface area contributed by atoms with Gasteiger partial charge >= 0.3 is 0 Å². The first-order chi connectivity index (χ1) is 8.88. The summed E-state index contributed by atoms with van der Waals surface area (Å²) < 4.78 is 35.5. The lowest BCUT2D eigenvalue weighted by atomic mass is 10.1. The van der Waals surface area contributed by atoms with E-state index in [0.717, 1.165) is 18.5 Å². The van der Waals surface area contributed by atoms with Gasteiger partial charge in [0.15, 0.2) is 15.6 Å². The molecule has 0 saturated heterocycles. The molecular weight excluding hydrogens is 269 g/mol. The van der Waals surface area contributed by atoms with E-state index in [2.05, 4.69) is 4.98 Å². The van der Waals surface area contributed by atoms with Crippen LogP contribution in [0.15, 0.2) is 47.6 Å². The predicted molar refractivity (Wildman–Crippen MR) is 67.2 cm³/mol. The van der Waals surface area contributed by atoms with E-state index in [1.165, 1.54) is 30.5 Å². The van der Waals surface area contributed by atoms with Gasteiger partial charge in [0.05, 0.1) is 11.1 Å². The minimum Gasteiger partial charge on any atom is -0.289 e. The molecule has 0 fully saturated rings. The van der Waals surface area contributed by atoms with Crippen LogP contribution in [0.2, 0.25) is 0 Å². The molecule has 0 aliphatic rings. The van der Waals surface area contributed by atoms with Crippen LogP contribution in [-0.2, 0) is 9.84 Å². The Hall–Kier alpha value is -2.08. The van der Waals surface area contributed by atoms with Crippen molar-refractivity contribution in [3.63, 3.8) is 0 Å². The van der Waals surface area contributed by atoms with Gasteiger partial charge in [-0.3, -0.25) is 9.78 Å². The van der Waals surface area contributed by atoms with E-state index < -0.39 is 21.4 Å². The van der Waals surface area contributed by atoms with Crippen LogP contribution >= 0.6 is 0 Å². The number of nitrogens with zero attached hydrogens (tertiary/aromatic N) is 1. The van der Waals surface area contributed by atoms with Gasteiger partial charge in [0, 0.05) is 23.6 Å². The third-order valence-corrected chi connectivity index (χ3v) is 3.64. The van der Waals surface area contributed by atoms with Crippen LogP contribution in [0.3, 0.4) is 0 Å². The van der Waals surface area contributed by atoms with Gasteiger partial charge in [-0.1, -0.05) is 0 Å². The van der Waals surface area contributed by atoms with Crippen molar-refractivity contribution in [1.29, 1.82) is 0 Å². The summed E-state index contributed by atoms with van der Waals surface area (Å²) in [5.41, 5.74) is 0.395. The summed E-state index contributed by atoms with van der Waals surface area (Å²) >= 11 is 0. The van der Waals surface area contributed by atoms with Crippen LogP contribution in [-0.4, -0.2) is 25.4 Å². The zero-order valence-electron chi connectivity index (χ0n) is 10.00. The van der Waals surface area contributed by atoms with Crippen LogP contribution in [0.25, 0.3) is 0 Å². The van der Waals surface area contributed by atoms with Gasteiger partial charge in [0.2, 0.25) is 0 Å². The number of rotatable bonds is 3. The van der Waals surface area contributed by atoms with Gasteiger partial charge in [-0.15, -0.1) is 0 Å². The molecule has 2 rings (SSSR count). The van der Waals surface area contributed by atoms with Crippen LogP contribution in [0.4, 0.5) is 4.39 Å². The first-order valence-corrected chi connectivity index (χ1v) is 7.22. The number of sulfone groups is 1. The van der Waals surface area contributed by atoms with E-state index in [9.17, 15) is 17.6 Å². The average molecular weight is 279 g/mol. The van der Waals surface area contributed by atoms with E-state index in [-0.39, 0.29) is 16.0 Å². The molecule has 0 aliphatic carbocycles. The zero-order chi connectivity index (χ0) is 14.0.